The van der Waals surface area contributed by atoms with Crippen LogP contribution in [0.2, 0.25) is 0 Å². The van der Waals surface area contributed by atoms with Crippen LogP contribution in [0.1, 0.15) is 70.6 Å². The van der Waals surface area contributed by atoms with Gasteiger partial charge in [0.1, 0.15) is 11.4 Å². The summed E-state index contributed by atoms with van der Waals surface area (Å²) >= 11 is 0. The van der Waals surface area contributed by atoms with Crippen molar-refractivity contribution in [2.24, 2.45) is 5.41 Å². The molecule has 0 bridgehead atoms. The Balaban J connectivity index is 1.09. The van der Waals surface area contributed by atoms with Crippen LogP contribution in [0.5, 0.6) is 0 Å². The van der Waals surface area contributed by atoms with Crippen molar-refractivity contribution < 1.29 is 9.53 Å². The summed E-state index contributed by atoms with van der Waals surface area (Å²) in [5, 5.41) is 4.60. The number of pyridine rings is 1. The van der Waals surface area contributed by atoms with Gasteiger partial charge < -0.3 is 14.6 Å². The molecule has 1 saturated heterocycles. The second-order valence-corrected chi connectivity index (χ2v) is 13.1. The molecule has 1 aromatic carbocycles. The lowest BCUT2D eigenvalue weighted by Gasteiger charge is -2.38. The van der Waals surface area contributed by atoms with Crippen LogP contribution in [0, 0.1) is 5.41 Å². The number of imidazole rings is 1. The minimum absolute atomic E-state index is 0.221. The number of carbonyl (C=O) groups excluding carboxylic acids is 1. The first-order chi connectivity index (χ1) is 19.5. The molecule has 2 fully saturated rings. The summed E-state index contributed by atoms with van der Waals surface area (Å²) in [7, 11) is 0. The average molecular weight is 556 g/mol. The van der Waals surface area contributed by atoms with Crippen LogP contribution in [-0.2, 0) is 17.7 Å². The topological polar surface area (TPSA) is 92.2 Å². The molecule has 1 N–H and O–H groups in total. The SMILES string of the molecule is CC(c1ccnc(Cc2nc3ccc(-c4cnn(CC5(C)CC5)c4)cc3[nH]2)c1)N1CCN(C(=O)OC(C)(C)C)CC1. The van der Waals surface area contributed by atoms with Crippen molar-refractivity contribution in [1.82, 2.24) is 34.5 Å². The maximum atomic E-state index is 12.4. The number of ether oxygens (including phenoxy) is 1. The van der Waals surface area contributed by atoms with Crippen LogP contribution in [0.3, 0.4) is 0 Å². The number of carbonyl (C=O) groups is 1. The number of benzene rings is 1. The molecule has 9 heteroatoms. The number of piperazine rings is 1. The Kier molecular flexibility index (Phi) is 7.09. The van der Waals surface area contributed by atoms with E-state index < -0.39 is 5.60 Å². The van der Waals surface area contributed by atoms with Gasteiger partial charge in [0.05, 0.1) is 17.2 Å². The zero-order chi connectivity index (χ0) is 28.8. The smallest absolute Gasteiger partial charge is 0.410 e. The Morgan fingerprint density at radius 1 is 1.10 bits per heavy atom. The van der Waals surface area contributed by atoms with E-state index in [4.69, 9.17) is 9.72 Å². The first-order valence-corrected chi connectivity index (χ1v) is 14.7. The molecule has 0 spiro atoms. The maximum absolute atomic E-state index is 12.4. The zero-order valence-electron chi connectivity index (χ0n) is 24.9. The number of rotatable bonds is 7. The number of hydrogen-bond donors (Lipinski definition) is 1. The van der Waals surface area contributed by atoms with Gasteiger partial charge in [-0.1, -0.05) is 13.0 Å². The molecule has 9 nitrogen and oxygen atoms in total. The third-order valence-corrected chi connectivity index (χ3v) is 8.33. The Morgan fingerprint density at radius 3 is 2.61 bits per heavy atom. The van der Waals surface area contributed by atoms with Gasteiger partial charge in [-0.15, -0.1) is 0 Å². The summed E-state index contributed by atoms with van der Waals surface area (Å²) in [6.07, 6.45) is 8.97. The fourth-order valence-corrected chi connectivity index (χ4v) is 5.54. The van der Waals surface area contributed by atoms with E-state index in [1.807, 2.05) is 33.2 Å². The summed E-state index contributed by atoms with van der Waals surface area (Å²) < 4.78 is 7.62. The molecule has 3 aromatic heterocycles. The van der Waals surface area contributed by atoms with Gasteiger partial charge in [0.25, 0.3) is 0 Å². The van der Waals surface area contributed by atoms with E-state index in [1.165, 1.54) is 18.4 Å². The third kappa shape index (κ3) is 6.45. The third-order valence-electron chi connectivity index (χ3n) is 8.33. The predicted molar refractivity (Wildman–Crippen MR) is 159 cm³/mol. The maximum Gasteiger partial charge on any atom is 0.410 e. The van der Waals surface area contributed by atoms with Gasteiger partial charge in [-0.25, -0.2) is 9.78 Å². The highest BCUT2D eigenvalue weighted by molar-refractivity contribution is 5.81. The number of fused-ring (bicyclic) bond motifs is 1. The molecule has 4 heterocycles. The summed E-state index contributed by atoms with van der Waals surface area (Å²) in [5.74, 6) is 0.901. The van der Waals surface area contributed by atoms with Crippen LogP contribution in [0.25, 0.3) is 22.2 Å². The van der Waals surface area contributed by atoms with Gasteiger partial charge in [0.2, 0.25) is 0 Å². The summed E-state index contributed by atoms with van der Waals surface area (Å²) in [5.41, 5.74) is 6.39. The normalized spacial score (nSPS) is 18.0. The van der Waals surface area contributed by atoms with Crippen molar-refractivity contribution in [1.29, 1.82) is 0 Å². The van der Waals surface area contributed by atoms with Gasteiger partial charge in [-0.05, 0) is 81.3 Å². The van der Waals surface area contributed by atoms with Crippen molar-refractivity contribution in [3.63, 3.8) is 0 Å². The molecule has 6 rings (SSSR count). The number of H-pyrrole nitrogens is 1. The van der Waals surface area contributed by atoms with E-state index in [9.17, 15) is 4.79 Å². The zero-order valence-corrected chi connectivity index (χ0v) is 24.9. The fourth-order valence-electron chi connectivity index (χ4n) is 5.54. The molecule has 1 unspecified atom stereocenters. The molecule has 0 radical (unpaired) electrons. The van der Waals surface area contributed by atoms with Crippen LogP contribution in [0.4, 0.5) is 4.79 Å². The highest BCUT2D eigenvalue weighted by atomic mass is 16.6. The van der Waals surface area contributed by atoms with Crippen molar-refractivity contribution in [2.75, 3.05) is 26.2 Å². The Labute approximate surface area is 241 Å². The number of aromatic amines is 1. The molecule has 1 aliphatic heterocycles. The average Bonchev–Trinajstić information content (AvgIpc) is 3.30. The lowest BCUT2D eigenvalue weighted by atomic mass is 10.1. The van der Waals surface area contributed by atoms with E-state index >= 15 is 0 Å². The molecule has 4 aromatic rings. The largest absolute Gasteiger partial charge is 0.444 e. The van der Waals surface area contributed by atoms with Crippen LogP contribution < -0.4 is 0 Å². The number of nitrogens with zero attached hydrogens (tertiary/aromatic N) is 6. The Hall–Kier alpha value is -3.72. The van der Waals surface area contributed by atoms with Crippen LogP contribution in [-0.4, -0.2) is 72.4 Å². The van der Waals surface area contributed by atoms with Crippen molar-refractivity contribution in [2.45, 2.75) is 72.1 Å². The lowest BCUT2D eigenvalue weighted by Crippen LogP contribution is -2.50. The van der Waals surface area contributed by atoms with E-state index in [-0.39, 0.29) is 12.1 Å². The Morgan fingerprint density at radius 2 is 1.88 bits per heavy atom. The van der Waals surface area contributed by atoms with E-state index in [0.717, 1.165) is 53.3 Å². The predicted octanol–water partition coefficient (Wildman–Crippen LogP) is 5.83. The van der Waals surface area contributed by atoms with Gasteiger partial charge in [0.15, 0.2) is 0 Å². The summed E-state index contributed by atoms with van der Waals surface area (Å²) in [6, 6.07) is 10.8. The monoisotopic (exact) mass is 555 g/mol. The van der Waals surface area contributed by atoms with Gasteiger partial charge in [-0.3, -0.25) is 14.6 Å². The molecular formula is C32H41N7O2. The van der Waals surface area contributed by atoms with Crippen molar-refractivity contribution in [3.05, 3.63) is 66.0 Å². The highest BCUT2D eigenvalue weighted by Gasteiger charge is 2.37. The number of amides is 1. The van der Waals surface area contributed by atoms with Gasteiger partial charge >= 0.3 is 6.09 Å². The summed E-state index contributed by atoms with van der Waals surface area (Å²) in [6.45, 7) is 14.2. The number of hydrogen-bond acceptors (Lipinski definition) is 6. The van der Waals surface area contributed by atoms with Crippen molar-refractivity contribution >= 4 is 17.1 Å². The highest BCUT2D eigenvalue weighted by Crippen LogP contribution is 2.46. The second-order valence-electron chi connectivity index (χ2n) is 13.1. The first-order valence-electron chi connectivity index (χ1n) is 14.7. The molecule has 1 aliphatic carbocycles. The molecular weight excluding hydrogens is 514 g/mol. The molecule has 41 heavy (non-hydrogen) atoms. The minimum Gasteiger partial charge on any atom is -0.444 e. The fraction of sp³-hybridized carbons (Fsp3) is 0.500. The quantitative estimate of drug-likeness (QED) is 0.309. The minimum atomic E-state index is -0.477. The summed E-state index contributed by atoms with van der Waals surface area (Å²) in [4.78, 5) is 29.7. The standard InChI is InChI=1S/C32H41N7O2/c1-22(37-12-14-38(15-13-37)30(40)41-31(2,3)4)23-8-11-33-26(16-23)18-29-35-27-7-6-24(17-28(27)36-29)25-19-34-39(20-25)21-32(5)9-10-32/h6-8,11,16-17,19-20,22H,9-10,12-15,18,21H2,1-5H3,(H,35,36). The number of aromatic nitrogens is 5. The van der Waals surface area contributed by atoms with Crippen LogP contribution >= 0.6 is 0 Å². The van der Waals surface area contributed by atoms with Crippen molar-refractivity contribution in [3.8, 4) is 11.1 Å². The Bertz CT molecular complexity index is 1540. The molecule has 1 saturated carbocycles. The van der Waals surface area contributed by atoms with Gasteiger partial charge in [0, 0.05) is 68.8 Å². The molecule has 1 amide bonds. The first kappa shape index (κ1) is 27.4. The lowest BCUT2D eigenvalue weighted by molar-refractivity contribution is 0.0110. The van der Waals surface area contributed by atoms with E-state index in [1.54, 1.807) is 4.90 Å². The second kappa shape index (κ2) is 10.6. The van der Waals surface area contributed by atoms with Gasteiger partial charge in [-0.2, -0.15) is 5.10 Å². The molecule has 2 aliphatic rings. The van der Waals surface area contributed by atoms with E-state index in [0.29, 0.717) is 24.9 Å². The number of nitrogens with one attached hydrogen (secondary N) is 1. The van der Waals surface area contributed by atoms with Crippen LogP contribution in [0.15, 0.2) is 48.9 Å². The molecule has 216 valence electrons. The van der Waals surface area contributed by atoms with E-state index in [2.05, 4.69) is 75.0 Å². The molecule has 1 atom stereocenters.